The van der Waals surface area contributed by atoms with Crippen LogP contribution < -0.4 is 0 Å². The number of aromatic nitrogens is 2. The molecule has 0 atom stereocenters. The lowest BCUT2D eigenvalue weighted by Gasteiger charge is -2.31. The van der Waals surface area contributed by atoms with Gasteiger partial charge in [0.2, 0.25) is 0 Å². The van der Waals surface area contributed by atoms with E-state index in [0.29, 0.717) is 5.92 Å². The van der Waals surface area contributed by atoms with Gasteiger partial charge in [0.15, 0.2) is 0 Å². The number of rotatable bonds is 2. The molecule has 0 aliphatic heterocycles. The van der Waals surface area contributed by atoms with Gasteiger partial charge in [0.25, 0.3) is 0 Å². The van der Waals surface area contributed by atoms with Crippen LogP contribution in [-0.4, -0.2) is 9.38 Å². The molecular formula is C26H30N2. The maximum absolute atomic E-state index is 5.26. The third kappa shape index (κ3) is 2.36. The van der Waals surface area contributed by atoms with Crippen molar-refractivity contribution in [3.63, 3.8) is 0 Å². The van der Waals surface area contributed by atoms with Gasteiger partial charge >= 0.3 is 0 Å². The Morgan fingerprint density at radius 3 is 2.57 bits per heavy atom. The molecule has 0 radical (unpaired) electrons. The van der Waals surface area contributed by atoms with Gasteiger partial charge in [-0.05, 0) is 66.5 Å². The Labute approximate surface area is 167 Å². The average molecular weight is 371 g/mol. The summed E-state index contributed by atoms with van der Waals surface area (Å²) < 4.78 is 2.50. The highest BCUT2D eigenvalue weighted by atomic mass is 15.0. The Balaban J connectivity index is 2.06. The number of fused-ring (bicyclic) bond motifs is 8. The Kier molecular flexibility index (Phi) is 3.84. The molecule has 1 aliphatic rings. The smallest absolute Gasteiger partial charge is 0.145 e. The monoisotopic (exact) mass is 370 g/mol. The molecule has 1 aliphatic carbocycles. The van der Waals surface area contributed by atoms with Gasteiger partial charge in [-0.1, -0.05) is 58.0 Å². The molecule has 0 amide bonds. The second-order valence-corrected chi connectivity index (χ2v) is 9.50. The average Bonchev–Trinajstić information content (AvgIpc) is 3.07. The Bertz CT molecular complexity index is 1220. The standard InChI is InChI=1S/C26H30N2/c1-16(2)26(4,5)20-10-8-9-19-18-14-13-17(3)15-23(18)28-22-12-7-6-11-21(22)27-25(28)24(19)20/h8-10,13-16H,6-7,11-12H2,1-5H3. The van der Waals surface area contributed by atoms with Crippen molar-refractivity contribution < 1.29 is 0 Å². The minimum absolute atomic E-state index is 0.0881. The number of benzene rings is 2. The van der Waals surface area contributed by atoms with E-state index in [4.69, 9.17) is 4.98 Å². The van der Waals surface area contributed by atoms with Gasteiger partial charge in [0.1, 0.15) is 5.65 Å². The molecule has 0 bridgehead atoms. The molecule has 2 heterocycles. The lowest BCUT2D eigenvalue weighted by atomic mass is 9.73. The van der Waals surface area contributed by atoms with Crippen LogP contribution in [0.5, 0.6) is 0 Å². The molecule has 0 N–H and O–H groups in total. The summed E-state index contributed by atoms with van der Waals surface area (Å²) in [5, 5.41) is 4.04. The van der Waals surface area contributed by atoms with Crippen LogP contribution in [0, 0.1) is 12.8 Å². The molecule has 0 fully saturated rings. The van der Waals surface area contributed by atoms with Crippen LogP contribution in [-0.2, 0) is 18.3 Å². The SMILES string of the molecule is Cc1ccc2c3cccc(C(C)(C)C(C)C)c3c3nc4c(n3c2c1)CCCC4. The van der Waals surface area contributed by atoms with Gasteiger partial charge in [-0.25, -0.2) is 4.98 Å². The topological polar surface area (TPSA) is 17.3 Å². The number of aryl methyl sites for hydroxylation is 3. The summed E-state index contributed by atoms with van der Waals surface area (Å²) in [4.78, 5) is 5.26. The molecule has 4 aromatic rings. The van der Waals surface area contributed by atoms with Gasteiger partial charge in [-0.2, -0.15) is 0 Å². The first-order valence-corrected chi connectivity index (χ1v) is 10.8. The zero-order valence-corrected chi connectivity index (χ0v) is 17.8. The van der Waals surface area contributed by atoms with Crippen LogP contribution in [0.15, 0.2) is 36.4 Å². The van der Waals surface area contributed by atoms with Crippen molar-refractivity contribution in [2.24, 2.45) is 5.92 Å². The van der Waals surface area contributed by atoms with E-state index in [-0.39, 0.29) is 5.41 Å². The summed E-state index contributed by atoms with van der Waals surface area (Å²) in [6.07, 6.45) is 4.78. The summed E-state index contributed by atoms with van der Waals surface area (Å²) >= 11 is 0. The van der Waals surface area contributed by atoms with E-state index in [1.54, 1.807) is 0 Å². The van der Waals surface area contributed by atoms with Crippen molar-refractivity contribution in [1.82, 2.24) is 9.38 Å². The Hall–Kier alpha value is -2.35. The molecule has 0 saturated carbocycles. The lowest BCUT2D eigenvalue weighted by Crippen LogP contribution is -2.24. The fraction of sp³-hybridized carbons (Fsp3) is 0.423. The molecule has 144 valence electrons. The largest absolute Gasteiger partial charge is 0.296 e. The zero-order valence-electron chi connectivity index (χ0n) is 17.8. The van der Waals surface area contributed by atoms with Gasteiger partial charge < -0.3 is 0 Å². The summed E-state index contributed by atoms with van der Waals surface area (Å²) in [7, 11) is 0. The van der Waals surface area contributed by atoms with Crippen molar-refractivity contribution in [2.75, 3.05) is 0 Å². The van der Waals surface area contributed by atoms with Gasteiger partial charge in [-0.15, -0.1) is 0 Å². The van der Waals surface area contributed by atoms with E-state index in [0.717, 1.165) is 12.8 Å². The van der Waals surface area contributed by atoms with Crippen molar-refractivity contribution in [2.45, 2.75) is 65.7 Å². The first kappa shape index (κ1) is 17.7. The minimum atomic E-state index is 0.0881. The Morgan fingerprint density at radius 1 is 1.00 bits per heavy atom. The van der Waals surface area contributed by atoms with Crippen molar-refractivity contribution in [1.29, 1.82) is 0 Å². The molecule has 2 aromatic carbocycles. The summed E-state index contributed by atoms with van der Waals surface area (Å²) in [6, 6.07) is 13.8. The van der Waals surface area contributed by atoms with Crippen molar-refractivity contribution >= 4 is 27.3 Å². The zero-order chi connectivity index (χ0) is 19.6. The maximum atomic E-state index is 5.26. The van der Waals surface area contributed by atoms with E-state index in [1.165, 1.54) is 62.7 Å². The van der Waals surface area contributed by atoms with Crippen LogP contribution in [0.25, 0.3) is 27.3 Å². The number of hydrogen-bond acceptors (Lipinski definition) is 1. The van der Waals surface area contributed by atoms with E-state index in [2.05, 4.69) is 75.4 Å². The van der Waals surface area contributed by atoms with Crippen LogP contribution in [0.4, 0.5) is 0 Å². The van der Waals surface area contributed by atoms with E-state index >= 15 is 0 Å². The van der Waals surface area contributed by atoms with E-state index in [1.807, 2.05) is 0 Å². The summed E-state index contributed by atoms with van der Waals surface area (Å²) in [5.74, 6) is 0.552. The Morgan fingerprint density at radius 2 is 1.79 bits per heavy atom. The van der Waals surface area contributed by atoms with Crippen molar-refractivity contribution in [3.05, 3.63) is 58.9 Å². The molecule has 2 aromatic heterocycles. The van der Waals surface area contributed by atoms with Gasteiger partial charge in [-0.3, -0.25) is 4.40 Å². The highest BCUT2D eigenvalue weighted by Crippen LogP contribution is 2.41. The number of imidazole rings is 1. The van der Waals surface area contributed by atoms with Crippen LogP contribution >= 0.6 is 0 Å². The van der Waals surface area contributed by atoms with Gasteiger partial charge in [0.05, 0.1) is 11.2 Å². The number of pyridine rings is 1. The van der Waals surface area contributed by atoms with Crippen LogP contribution in [0.3, 0.4) is 0 Å². The molecule has 0 spiro atoms. The molecular weight excluding hydrogens is 340 g/mol. The molecule has 2 heteroatoms. The third-order valence-electron chi connectivity index (χ3n) is 7.24. The van der Waals surface area contributed by atoms with Gasteiger partial charge in [0, 0.05) is 16.5 Å². The second kappa shape index (κ2) is 6.07. The quantitative estimate of drug-likeness (QED) is 0.356. The predicted octanol–water partition coefficient (Wildman–Crippen LogP) is 6.76. The predicted molar refractivity (Wildman–Crippen MR) is 119 cm³/mol. The molecule has 5 rings (SSSR count). The summed E-state index contributed by atoms with van der Waals surface area (Å²) in [6.45, 7) is 11.6. The number of nitrogens with zero attached hydrogens (tertiary/aromatic N) is 2. The normalized spacial score (nSPS) is 15.1. The number of hydrogen-bond donors (Lipinski definition) is 0. The van der Waals surface area contributed by atoms with Crippen LogP contribution in [0.2, 0.25) is 0 Å². The minimum Gasteiger partial charge on any atom is -0.296 e. The fourth-order valence-electron chi connectivity index (χ4n) is 4.89. The van der Waals surface area contributed by atoms with E-state index in [9.17, 15) is 0 Å². The summed E-state index contributed by atoms with van der Waals surface area (Å²) in [5.41, 5.74) is 8.07. The first-order chi connectivity index (χ1) is 13.4. The maximum Gasteiger partial charge on any atom is 0.145 e. The third-order valence-corrected chi connectivity index (χ3v) is 7.24. The van der Waals surface area contributed by atoms with Crippen LogP contribution in [0.1, 0.15) is 63.1 Å². The van der Waals surface area contributed by atoms with Crippen molar-refractivity contribution in [3.8, 4) is 0 Å². The first-order valence-electron chi connectivity index (χ1n) is 10.8. The molecule has 2 nitrogen and oxygen atoms in total. The highest BCUT2D eigenvalue weighted by Gasteiger charge is 2.29. The molecule has 0 saturated heterocycles. The molecule has 28 heavy (non-hydrogen) atoms. The van der Waals surface area contributed by atoms with E-state index < -0.39 is 0 Å². The molecule has 0 unspecified atom stereocenters. The fourth-order valence-corrected chi connectivity index (χ4v) is 4.89. The lowest BCUT2D eigenvalue weighted by molar-refractivity contribution is 0.375. The highest BCUT2D eigenvalue weighted by molar-refractivity contribution is 6.13. The second-order valence-electron chi connectivity index (χ2n) is 9.50.